The minimum absolute atomic E-state index is 0.101. The summed E-state index contributed by atoms with van der Waals surface area (Å²) in [5, 5.41) is 19.3. The van der Waals surface area contributed by atoms with Crippen LogP contribution in [-0.4, -0.2) is 45.8 Å². The van der Waals surface area contributed by atoms with E-state index in [1.54, 1.807) is 5.38 Å². The Morgan fingerprint density at radius 2 is 2.40 bits per heavy atom. The summed E-state index contributed by atoms with van der Waals surface area (Å²) in [5.41, 5.74) is 0.743. The molecular weight excluding hydrogens is 216 g/mol. The molecule has 0 saturated heterocycles. The number of aliphatic hydroxyl groups excluding tert-OH is 1. The number of hydrogen-bond donors (Lipinski definition) is 2. The van der Waals surface area contributed by atoms with Gasteiger partial charge in [0, 0.05) is 18.5 Å². The first-order chi connectivity index (χ1) is 7.17. The molecule has 0 aliphatic rings. The van der Waals surface area contributed by atoms with Crippen molar-refractivity contribution in [1.29, 1.82) is 0 Å². The first kappa shape index (κ1) is 12.1. The largest absolute Gasteiger partial charge is 0.476 e. The van der Waals surface area contributed by atoms with Gasteiger partial charge in [-0.1, -0.05) is 6.92 Å². The normalized spacial score (nSPS) is 10.9. The van der Waals surface area contributed by atoms with Gasteiger partial charge in [-0.2, -0.15) is 0 Å². The van der Waals surface area contributed by atoms with E-state index in [1.807, 2.05) is 11.8 Å². The zero-order chi connectivity index (χ0) is 11.3. The summed E-state index contributed by atoms with van der Waals surface area (Å²) in [7, 11) is 0. The lowest BCUT2D eigenvalue weighted by Gasteiger charge is -2.17. The van der Waals surface area contributed by atoms with Crippen molar-refractivity contribution in [3.8, 4) is 0 Å². The smallest absolute Gasteiger partial charge is 0.365 e. The quantitative estimate of drug-likeness (QED) is 0.751. The fraction of sp³-hybridized carbons (Fsp3) is 0.556. The molecule has 0 aliphatic heterocycles. The van der Waals surface area contributed by atoms with E-state index in [0.29, 0.717) is 13.1 Å². The van der Waals surface area contributed by atoms with Gasteiger partial charge >= 0.3 is 5.97 Å². The third-order valence-corrected chi connectivity index (χ3v) is 2.86. The topological polar surface area (TPSA) is 73.7 Å². The lowest BCUT2D eigenvalue weighted by Crippen LogP contribution is -2.26. The van der Waals surface area contributed by atoms with Gasteiger partial charge in [0.15, 0.2) is 0 Å². The van der Waals surface area contributed by atoms with Gasteiger partial charge in [-0.15, -0.1) is 11.3 Å². The molecule has 5 nitrogen and oxygen atoms in total. The summed E-state index contributed by atoms with van der Waals surface area (Å²) in [6, 6.07) is 0. The number of rotatable bonds is 6. The van der Waals surface area contributed by atoms with Crippen LogP contribution in [0.1, 0.15) is 22.4 Å². The molecule has 6 heteroatoms. The van der Waals surface area contributed by atoms with Crippen molar-refractivity contribution < 1.29 is 15.0 Å². The predicted molar refractivity (Wildman–Crippen MR) is 57.1 cm³/mol. The Morgan fingerprint density at radius 3 is 2.87 bits per heavy atom. The zero-order valence-corrected chi connectivity index (χ0v) is 9.33. The molecule has 15 heavy (non-hydrogen) atoms. The van der Waals surface area contributed by atoms with Gasteiger partial charge in [0.25, 0.3) is 0 Å². The highest BCUT2D eigenvalue weighted by molar-refractivity contribution is 7.11. The Kier molecular flexibility index (Phi) is 4.67. The number of aromatic nitrogens is 1. The minimum atomic E-state index is -0.989. The average molecular weight is 230 g/mol. The molecule has 1 heterocycles. The molecule has 1 aromatic heterocycles. The SMILES string of the molecule is CCN(CCO)Cc1csc(C(=O)O)n1. The number of carbonyl (C=O) groups is 1. The number of nitrogens with zero attached hydrogens (tertiary/aromatic N) is 2. The first-order valence-electron chi connectivity index (χ1n) is 4.68. The van der Waals surface area contributed by atoms with Gasteiger partial charge in [-0.3, -0.25) is 4.90 Å². The lowest BCUT2D eigenvalue weighted by atomic mass is 10.4. The Hall–Kier alpha value is -0.980. The molecule has 0 aliphatic carbocycles. The maximum absolute atomic E-state index is 10.6. The van der Waals surface area contributed by atoms with Crippen LogP contribution < -0.4 is 0 Å². The molecule has 0 unspecified atom stereocenters. The molecule has 1 rings (SSSR count). The van der Waals surface area contributed by atoms with Crippen molar-refractivity contribution in [3.05, 3.63) is 16.1 Å². The fourth-order valence-corrected chi connectivity index (χ4v) is 1.84. The van der Waals surface area contributed by atoms with Crippen LogP contribution in [0.4, 0.5) is 0 Å². The summed E-state index contributed by atoms with van der Waals surface area (Å²) in [6.45, 7) is 4.06. The van der Waals surface area contributed by atoms with E-state index < -0.39 is 5.97 Å². The Labute approximate surface area is 92.0 Å². The summed E-state index contributed by atoms with van der Waals surface area (Å²) < 4.78 is 0. The third kappa shape index (κ3) is 3.58. The molecule has 0 amide bonds. The average Bonchev–Trinajstić information content (AvgIpc) is 2.65. The highest BCUT2D eigenvalue weighted by atomic mass is 32.1. The van der Waals surface area contributed by atoms with Gasteiger partial charge in [-0.05, 0) is 6.54 Å². The van der Waals surface area contributed by atoms with E-state index in [4.69, 9.17) is 10.2 Å². The van der Waals surface area contributed by atoms with Crippen LogP contribution in [0.2, 0.25) is 0 Å². The number of aliphatic hydroxyl groups is 1. The van der Waals surface area contributed by atoms with Crippen LogP contribution in [-0.2, 0) is 6.54 Å². The van der Waals surface area contributed by atoms with Crippen molar-refractivity contribution in [2.45, 2.75) is 13.5 Å². The van der Waals surface area contributed by atoms with E-state index in [9.17, 15) is 4.79 Å². The van der Waals surface area contributed by atoms with Crippen LogP contribution in [0, 0.1) is 0 Å². The molecule has 0 radical (unpaired) electrons. The number of hydrogen-bond acceptors (Lipinski definition) is 5. The number of aromatic carboxylic acids is 1. The molecule has 0 atom stereocenters. The molecular formula is C9H14N2O3S. The zero-order valence-electron chi connectivity index (χ0n) is 8.51. The summed E-state index contributed by atoms with van der Waals surface area (Å²) >= 11 is 1.13. The van der Waals surface area contributed by atoms with Gasteiger partial charge < -0.3 is 10.2 Å². The van der Waals surface area contributed by atoms with Gasteiger partial charge in [-0.25, -0.2) is 9.78 Å². The van der Waals surface area contributed by atoms with Crippen molar-refractivity contribution in [2.75, 3.05) is 19.7 Å². The number of likely N-dealkylation sites (N-methyl/N-ethyl adjacent to an activating group) is 1. The van der Waals surface area contributed by atoms with Gasteiger partial charge in [0.2, 0.25) is 5.01 Å². The fourth-order valence-electron chi connectivity index (χ4n) is 1.20. The Morgan fingerprint density at radius 1 is 1.67 bits per heavy atom. The van der Waals surface area contributed by atoms with Crippen molar-refractivity contribution >= 4 is 17.3 Å². The minimum Gasteiger partial charge on any atom is -0.476 e. The maximum atomic E-state index is 10.6. The lowest BCUT2D eigenvalue weighted by molar-refractivity contribution is 0.0696. The molecule has 2 N–H and O–H groups in total. The molecule has 84 valence electrons. The van der Waals surface area contributed by atoms with Crippen LogP contribution in [0.3, 0.4) is 0 Å². The standard InChI is InChI=1S/C9H14N2O3S/c1-2-11(3-4-12)5-7-6-15-8(10-7)9(13)14/h6,12H,2-5H2,1H3,(H,13,14). The monoisotopic (exact) mass is 230 g/mol. The predicted octanol–water partition coefficient (Wildman–Crippen LogP) is 0.655. The first-order valence-corrected chi connectivity index (χ1v) is 5.56. The second-order valence-electron chi connectivity index (χ2n) is 3.04. The maximum Gasteiger partial charge on any atom is 0.365 e. The van der Waals surface area contributed by atoms with E-state index in [2.05, 4.69) is 4.98 Å². The van der Waals surface area contributed by atoms with Crippen LogP contribution in [0.5, 0.6) is 0 Å². The van der Waals surface area contributed by atoms with E-state index in [-0.39, 0.29) is 11.6 Å². The molecule has 0 saturated carbocycles. The second kappa shape index (κ2) is 5.79. The molecule has 0 bridgehead atoms. The van der Waals surface area contributed by atoms with Crippen molar-refractivity contribution in [1.82, 2.24) is 9.88 Å². The van der Waals surface area contributed by atoms with Crippen molar-refractivity contribution in [2.24, 2.45) is 0 Å². The van der Waals surface area contributed by atoms with Crippen molar-refractivity contribution in [3.63, 3.8) is 0 Å². The van der Waals surface area contributed by atoms with Crippen LogP contribution >= 0.6 is 11.3 Å². The number of carboxylic acid groups (broad SMARTS) is 1. The highest BCUT2D eigenvalue weighted by Gasteiger charge is 2.10. The van der Waals surface area contributed by atoms with Gasteiger partial charge in [0.05, 0.1) is 12.3 Å². The Balaban J connectivity index is 2.59. The van der Waals surface area contributed by atoms with E-state index in [1.165, 1.54) is 0 Å². The van der Waals surface area contributed by atoms with E-state index >= 15 is 0 Å². The Bertz CT molecular complexity index is 327. The third-order valence-electron chi connectivity index (χ3n) is 1.98. The van der Waals surface area contributed by atoms with Crippen LogP contribution in [0.25, 0.3) is 0 Å². The molecule has 0 spiro atoms. The molecule has 1 aromatic rings. The number of thiazole rings is 1. The summed E-state index contributed by atoms with van der Waals surface area (Å²) in [5.74, 6) is -0.989. The number of carboxylic acids is 1. The molecule has 0 aromatic carbocycles. The second-order valence-corrected chi connectivity index (χ2v) is 3.90. The van der Waals surface area contributed by atoms with Crippen LogP contribution in [0.15, 0.2) is 5.38 Å². The van der Waals surface area contributed by atoms with Gasteiger partial charge in [0.1, 0.15) is 0 Å². The summed E-state index contributed by atoms with van der Waals surface area (Å²) in [4.78, 5) is 16.6. The van der Waals surface area contributed by atoms with E-state index in [0.717, 1.165) is 23.6 Å². The highest BCUT2D eigenvalue weighted by Crippen LogP contribution is 2.11. The molecule has 0 fully saturated rings. The summed E-state index contributed by atoms with van der Waals surface area (Å²) in [6.07, 6.45) is 0.